The lowest BCUT2D eigenvalue weighted by Gasteiger charge is -2.22. The number of rotatable bonds is 4. The molecule has 4 nitrogen and oxygen atoms in total. The summed E-state index contributed by atoms with van der Waals surface area (Å²) < 4.78 is 1.95. The van der Waals surface area contributed by atoms with E-state index in [2.05, 4.69) is 23.1 Å². The van der Waals surface area contributed by atoms with E-state index in [1.807, 2.05) is 10.9 Å². The zero-order valence-corrected chi connectivity index (χ0v) is 10.4. The maximum absolute atomic E-state index is 5.74. The van der Waals surface area contributed by atoms with Gasteiger partial charge in [-0.25, -0.2) is 0 Å². The van der Waals surface area contributed by atoms with Gasteiger partial charge in [-0.05, 0) is 26.3 Å². The lowest BCUT2D eigenvalue weighted by molar-refractivity contribution is 0.295. The summed E-state index contributed by atoms with van der Waals surface area (Å²) in [5.41, 5.74) is 6.98. The maximum atomic E-state index is 5.74. The molecule has 1 saturated heterocycles. The van der Waals surface area contributed by atoms with Crippen LogP contribution in [0.2, 0.25) is 0 Å². The third-order valence-corrected chi connectivity index (χ3v) is 3.36. The van der Waals surface area contributed by atoms with Crippen LogP contribution in [0.3, 0.4) is 0 Å². The summed E-state index contributed by atoms with van der Waals surface area (Å²) in [6, 6.07) is 0.278. The first kappa shape index (κ1) is 11.5. The molecule has 88 valence electrons. The fourth-order valence-electron chi connectivity index (χ4n) is 2.23. The van der Waals surface area contributed by atoms with Gasteiger partial charge in [0.2, 0.25) is 0 Å². The van der Waals surface area contributed by atoms with Gasteiger partial charge in [0.15, 0.2) is 0 Å². The predicted molar refractivity (Wildman–Crippen MR) is 68.1 cm³/mol. The Hall–Kier alpha value is -0.940. The van der Waals surface area contributed by atoms with Gasteiger partial charge in [-0.3, -0.25) is 9.58 Å². The summed E-state index contributed by atoms with van der Waals surface area (Å²) >= 11 is 5.09. The van der Waals surface area contributed by atoms with Crippen molar-refractivity contribution in [1.82, 2.24) is 14.7 Å². The molecule has 1 atom stereocenters. The van der Waals surface area contributed by atoms with Gasteiger partial charge < -0.3 is 5.73 Å². The molecule has 16 heavy (non-hydrogen) atoms. The topological polar surface area (TPSA) is 47.1 Å². The van der Waals surface area contributed by atoms with Gasteiger partial charge in [0.05, 0.1) is 17.2 Å². The Morgan fingerprint density at radius 3 is 3.12 bits per heavy atom. The van der Waals surface area contributed by atoms with Crippen LogP contribution in [0, 0.1) is 0 Å². The second-order valence-electron chi connectivity index (χ2n) is 4.24. The van der Waals surface area contributed by atoms with Crippen LogP contribution in [-0.2, 0) is 13.1 Å². The maximum Gasteiger partial charge on any atom is 0.0902 e. The molecule has 1 aromatic heterocycles. The van der Waals surface area contributed by atoms with E-state index >= 15 is 0 Å². The molecule has 1 aromatic rings. The van der Waals surface area contributed by atoms with Crippen LogP contribution in [-0.4, -0.2) is 32.3 Å². The van der Waals surface area contributed by atoms with E-state index in [9.17, 15) is 0 Å². The average Bonchev–Trinajstić information content (AvgIpc) is 2.87. The summed E-state index contributed by atoms with van der Waals surface area (Å²) in [7, 11) is 0. The number of aromatic nitrogens is 2. The molecule has 5 heteroatoms. The SMILES string of the molecule is CCn1cc(CN2CCCC2C(N)=S)cn1. The van der Waals surface area contributed by atoms with Crippen molar-refractivity contribution in [3.05, 3.63) is 18.0 Å². The number of likely N-dealkylation sites (tertiary alicyclic amines) is 1. The summed E-state index contributed by atoms with van der Waals surface area (Å²) in [5, 5.41) is 4.27. The number of hydrogen-bond donors (Lipinski definition) is 1. The Kier molecular flexibility index (Phi) is 3.56. The molecule has 0 spiro atoms. The van der Waals surface area contributed by atoms with Gasteiger partial charge in [-0.2, -0.15) is 5.10 Å². The van der Waals surface area contributed by atoms with Crippen molar-refractivity contribution >= 4 is 17.2 Å². The van der Waals surface area contributed by atoms with E-state index < -0.39 is 0 Å². The Balaban J connectivity index is 2.00. The van der Waals surface area contributed by atoms with Crippen LogP contribution >= 0.6 is 12.2 Å². The number of nitrogens with two attached hydrogens (primary N) is 1. The van der Waals surface area contributed by atoms with Crippen molar-refractivity contribution < 1.29 is 0 Å². The number of nitrogens with zero attached hydrogens (tertiary/aromatic N) is 3. The van der Waals surface area contributed by atoms with E-state index in [0.29, 0.717) is 4.99 Å². The second-order valence-corrected chi connectivity index (χ2v) is 4.71. The molecular formula is C11H18N4S. The molecule has 0 saturated carbocycles. The summed E-state index contributed by atoms with van der Waals surface area (Å²) in [4.78, 5) is 2.97. The molecule has 2 heterocycles. The average molecular weight is 238 g/mol. The minimum atomic E-state index is 0.278. The highest BCUT2D eigenvalue weighted by Crippen LogP contribution is 2.20. The molecule has 2 N–H and O–H groups in total. The zero-order chi connectivity index (χ0) is 11.5. The molecule has 2 rings (SSSR count). The number of hydrogen-bond acceptors (Lipinski definition) is 3. The van der Waals surface area contributed by atoms with Crippen LogP contribution < -0.4 is 5.73 Å². The minimum Gasteiger partial charge on any atom is -0.392 e. The van der Waals surface area contributed by atoms with Crippen LogP contribution in [0.25, 0.3) is 0 Å². The Morgan fingerprint density at radius 2 is 2.50 bits per heavy atom. The van der Waals surface area contributed by atoms with Crippen LogP contribution in [0.1, 0.15) is 25.3 Å². The third kappa shape index (κ3) is 2.41. The van der Waals surface area contributed by atoms with E-state index in [4.69, 9.17) is 18.0 Å². The van der Waals surface area contributed by atoms with E-state index in [1.165, 1.54) is 12.0 Å². The fraction of sp³-hybridized carbons (Fsp3) is 0.636. The quantitative estimate of drug-likeness (QED) is 0.800. The second kappa shape index (κ2) is 4.93. The molecule has 1 aliphatic rings. The van der Waals surface area contributed by atoms with Crippen LogP contribution in [0.15, 0.2) is 12.4 Å². The molecule has 0 aromatic carbocycles. The van der Waals surface area contributed by atoms with Crippen molar-refractivity contribution in [3.8, 4) is 0 Å². The van der Waals surface area contributed by atoms with Crippen molar-refractivity contribution in [1.29, 1.82) is 0 Å². The molecule has 0 amide bonds. The standard InChI is InChI=1S/C11H18N4S/c1-2-15-8-9(6-13-15)7-14-5-3-4-10(14)11(12)16/h6,8,10H,2-5,7H2,1H3,(H2,12,16). The smallest absolute Gasteiger partial charge is 0.0902 e. The number of aryl methyl sites for hydroxylation is 1. The van der Waals surface area contributed by atoms with Gasteiger partial charge >= 0.3 is 0 Å². The molecule has 1 fully saturated rings. The minimum absolute atomic E-state index is 0.278. The van der Waals surface area contributed by atoms with Crippen molar-refractivity contribution in [2.45, 2.75) is 38.9 Å². The fourth-order valence-corrected chi connectivity index (χ4v) is 2.50. The summed E-state index contributed by atoms with van der Waals surface area (Å²) in [5.74, 6) is 0. The van der Waals surface area contributed by atoms with Gasteiger partial charge in [0.1, 0.15) is 0 Å². The first-order valence-electron chi connectivity index (χ1n) is 5.75. The highest BCUT2D eigenvalue weighted by atomic mass is 32.1. The first-order chi connectivity index (χ1) is 7.70. The largest absolute Gasteiger partial charge is 0.392 e. The van der Waals surface area contributed by atoms with Crippen LogP contribution in [0.5, 0.6) is 0 Å². The molecule has 1 unspecified atom stereocenters. The van der Waals surface area contributed by atoms with Gasteiger partial charge in [-0.1, -0.05) is 12.2 Å². The molecule has 0 bridgehead atoms. The normalized spacial score (nSPS) is 21.4. The van der Waals surface area contributed by atoms with E-state index in [0.717, 1.165) is 26.1 Å². The third-order valence-electron chi connectivity index (χ3n) is 3.09. The lowest BCUT2D eigenvalue weighted by atomic mass is 10.2. The van der Waals surface area contributed by atoms with E-state index in [1.54, 1.807) is 0 Å². The molecule has 0 aliphatic carbocycles. The Bertz CT molecular complexity index is 374. The Morgan fingerprint density at radius 1 is 1.69 bits per heavy atom. The lowest BCUT2D eigenvalue weighted by Crippen LogP contribution is -2.38. The molecule has 0 radical (unpaired) electrons. The van der Waals surface area contributed by atoms with Crippen molar-refractivity contribution in [2.24, 2.45) is 5.73 Å². The van der Waals surface area contributed by atoms with Crippen molar-refractivity contribution in [3.63, 3.8) is 0 Å². The molecule has 1 aliphatic heterocycles. The number of thiocarbonyl (C=S) groups is 1. The highest BCUT2D eigenvalue weighted by molar-refractivity contribution is 7.80. The van der Waals surface area contributed by atoms with Crippen molar-refractivity contribution in [2.75, 3.05) is 6.54 Å². The molecular weight excluding hydrogens is 220 g/mol. The van der Waals surface area contributed by atoms with Crippen LogP contribution in [0.4, 0.5) is 0 Å². The monoisotopic (exact) mass is 238 g/mol. The summed E-state index contributed by atoms with van der Waals surface area (Å²) in [6.45, 7) is 4.99. The van der Waals surface area contributed by atoms with Gasteiger partial charge in [0.25, 0.3) is 0 Å². The Labute approximate surface area is 101 Å². The van der Waals surface area contributed by atoms with Gasteiger partial charge in [-0.15, -0.1) is 0 Å². The van der Waals surface area contributed by atoms with E-state index in [-0.39, 0.29) is 6.04 Å². The zero-order valence-electron chi connectivity index (χ0n) is 9.59. The highest BCUT2D eigenvalue weighted by Gasteiger charge is 2.26. The predicted octanol–water partition coefficient (Wildman–Crippen LogP) is 1.15. The first-order valence-corrected chi connectivity index (χ1v) is 6.16. The van der Waals surface area contributed by atoms with Gasteiger partial charge in [0, 0.05) is 24.8 Å². The summed E-state index contributed by atoms with van der Waals surface area (Å²) in [6.07, 6.45) is 6.30.